The third-order valence-corrected chi connectivity index (χ3v) is 7.20. The first-order chi connectivity index (χ1) is 16.1. The normalized spacial score (nSPS) is 24.3. The van der Waals surface area contributed by atoms with Crippen molar-refractivity contribution < 1.29 is 23.1 Å². The molecule has 2 heterocycles. The van der Waals surface area contributed by atoms with Crippen LogP contribution in [0.4, 0.5) is 18.9 Å². The molecule has 0 bridgehead atoms. The van der Waals surface area contributed by atoms with Crippen LogP contribution in [0.5, 0.6) is 0 Å². The Morgan fingerprint density at radius 1 is 1.21 bits per heavy atom. The molecule has 34 heavy (non-hydrogen) atoms. The molecular weight excluding hydrogens is 447 g/mol. The molecule has 1 amide bonds. The van der Waals surface area contributed by atoms with Crippen LogP contribution in [0.15, 0.2) is 24.4 Å². The molecule has 2 aliphatic heterocycles. The fourth-order valence-corrected chi connectivity index (χ4v) is 5.17. The molecule has 0 spiro atoms. The van der Waals surface area contributed by atoms with Gasteiger partial charge in [-0.2, -0.15) is 13.2 Å². The Balaban J connectivity index is 1.21. The minimum Gasteiger partial charge on any atom is -0.393 e. The number of benzene rings is 1. The quantitative estimate of drug-likeness (QED) is 0.412. The molecule has 0 aromatic heterocycles. The number of alkyl halides is 3. The lowest BCUT2D eigenvalue weighted by Crippen LogP contribution is -2.63. The van der Waals surface area contributed by atoms with Crippen molar-refractivity contribution in [2.24, 2.45) is 11.8 Å². The number of amides is 1. The highest BCUT2D eigenvalue weighted by atomic mass is 19.4. The van der Waals surface area contributed by atoms with Gasteiger partial charge in [-0.1, -0.05) is 13.8 Å². The van der Waals surface area contributed by atoms with Crippen molar-refractivity contribution in [3.05, 3.63) is 35.5 Å². The third kappa shape index (κ3) is 5.60. The number of fused-ring (bicyclic) bond motifs is 1. The van der Waals surface area contributed by atoms with E-state index in [1.807, 2.05) is 0 Å². The zero-order valence-electron chi connectivity index (χ0n) is 19.6. The molecule has 5 N–H and O–H groups in total. The molecule has 1 aromatic carbocycles. The zero-order chi connectivity index (χ0) is 24.5. The average Bonchev–Trinajstić information content (AvgIpc) is 2.78. The van der Waals surface area contributed by atoms with Gasteiger partial charge in [0.15, 0.2) is 0 Å². The molecule has 1 aliphatic carbocycles. The molecule has 1 atom stereocenters. The molecule has 3 aliphatic rings. The summed E-state index contributed by atoms with van der Waals surface area (Å²) in [7, 11) is 0. The Hall–Kier alpha value is -2.46. The number of hydrogen-bond acceptors (Lipinski definition) is 6. The van der Waals surface area contributed by atoms with E-state index in [0.717, 1.165) is 50.9 Å². The van der Waals surface area contributed by atoms with Crippen LogP contribution < -0.4 is 21.5 Å². The number of nitrogens with one attached hydrogen (secondary N) is 4. The van der Waals surface area contributed by atoms with Crippen molar-refractivity contribution in [2.75, 3.05) is 25.1 Å². The van der Waals surface area contributed by atoms with Crippen molar-refractivity contribution in [3.8, 4) is 0 Å². The number of likely N-dealkylation sites (tertiary alicyclic amines) is 1. The molecule has 4 rings (SSSR count). The van der Waals surface area contributed by atoms with Gasteiger partial charge in [0.2, 0.25) is 5.91 Å². The van der Waals surface area contributed by atoms with Crippen molar-refractivity contribution in [1.29, 1.82) is 0 Å². The highest BCUT2D eigenvalue weighted by Gasteiger charge is 2.37. The molecule has 2 fully saturated rings. The van der Waals surface area contributed by atoms with Gasteiger partial charge >= 0.3 is 6.18 Å². The van der Waals surface area contributed by atoms with Crippen LogP contribution in [0, 0.1) is 11.8 Å². The highest BCUT2D eigenvalue weighted by Crippen LogP contribution is 2.35. The van der Waals surface area contributed by atoms with E-state index >= 15 is 0 Å². The summed E-state index contributed by atoms with van der Waals surface area (Å²) in [6, 6.07) is 4.04. The lowest BCUT2D eigenvalue weighted by atomic mass is 9.78. The van der Waals surface area contributed by atoms with Gasteiger partial charge in [-0.25, -0.2) is 0 Å². The first kappa shape index (κ1) is 24.7. The van der Waals surface area contributed by atoms with Crippen molar-refractivity contribution in [1.82, 2.24) is 21.0 Å². The van der Waals surface area contributed by atoms with Crippen LogP contribution in [-0.2, 0) is 11.0 Å². The Labute approximate surface area is 198 Å². The number of nitrogens with zero attached hydrogens (tertiary/aromatic N) is 1. The minimum absolute atomic E-state index is 0.0299. The van der Waals surface area contributed by atoms with Gasteiger partial charge in [0, 0.05) is 30.9 Å². The minimum atomic E-state index is -4.44. The molecule has 10 heteroatoms. The second kappa shape index (κ2) is 10.0. The second-order valence-electron chi connectivity index (χ2n) is 9.96. The summed E-state index contributed by atoms with van der Waals surface area (Å²) in [5, 5.41) is 16.3. The van der Waals surface area contributed by atoms with E-state index in [1.165, 1.54) is 12.3 Å². The third-order valence-electron chi connectivity index (χ3n) is 7.20. The second-order valence-corrected chi connectivity index (χ2v) is 9.96. The number of carbonyl (C=O) groups excluding carboxylic acids is 1. The van der Waals surface area contributed by atoms with Crippen molar-refractivity contribution in [2.45, 2.75) is 63.9 Å². The Morgan fingerprint density at radius 3 is 2.56 bits per heavy atom. The van der Waals surface area contributed by atoms with E-state index in [1.54, 1.807) is 0 Å². The highest BCUT2D eigenvalue weighted by molar-refractivity contribution is 5.83. The first-order valence-corrected chi connectivity index (χ1v) is 12.0. The number of carbonyl (C=O) groups is 1. The average molecular weight is 482 g/mol. The first-order valence-electron chi connectivity index (χ1n) is 12.0. The van der Waals surface area contributed by atoms with E-state index in [-0.39, 0.29) is 30.5 Å². The molecule has 1 saturated carbocycles. The van der Waals surface area contributed by atoms with Gasteiger partial charge in [-0.3, -0.25) is 9.69 Å². The van der Waals surface area contributed by atoms with Gasteiger partial charge in [-0.05, 0) is 55.7 Å². The number of aliphatic hydroxyl groups is 1. The van der Waals surface area contributed by atoms with Gasteiger partial charge in [0.05, 0.1) is 35.6 Å². The fraction of sp³-hybridized carbons (Fsp3) is 0.625. The summed E-state index contributed by atoms with van der Waals surface area (Å²) in [5.74, 6) is 0.479. The van der Waals surface area contributed by atoms with Crippen LogP contribution in [0.3, 0.4) is 0 Å². The Bertz CT molecular complexity index is 906. The maximum absolute atomic E-state index is 13.1. The van der Waals surface area contributed by atoms with Crippen LogP contribution in [0.25, 0.3) is 5.70 Å². The van der Waals surface area contributed by atoms with Crippen LogP contribution in [0.1, 0.15) is 50.7 Å². The lowest BCUT2D eigenvalue weighted by molar-refractivity contribution is -0.137. The molecule has 1 saturated heterocycles. The summed E-state index contributed by atoms with van der Waals surface area (Å²) in [6.45, 7) is 5.70. The number of hydrogen-bond donors (Lipinski definition) is 5. The zero-order valence-corrected chi connectivity index (χ0v) is 19.6. The SMILES string of the molecule is CC(C)C(O)C1CCC(N2CC(NC(=O)CNC3=CNNc4ccc(C(F)(F)F)cc43)C2)CC1. The van der Waals surface area contributed by atoms with Gasteiger partial charge in [0.25, 0.3) is 0 Å². The summed E-state index contributed by atoms with van der Waals surface area (Å²) in [4.78, 5) is 14.8. The Kier molecular flexibility index (Phi) is 7.28. The maximum atomic E-state index is 13.1. The van der Waals surface area contributed by atoms with E-state index in [4.69, 9.17) is 0 Å². The number of aliphatic hydroxyl groups excluding tert-OH is 1. The predicted octanol–water partition coefficient (Wildman–Crippen LogP) is 2.90. The topological polar surface area (TPSA) is 88.7 Å². The van der Waals surface area contributed by atoms with Gasteiger partial charge in [0.1, 0.15) is 0 Å². The van der Waals surface area contributed by atoms with E-state index in [0.29, 0.717) is 28.9 Å². The summed E-state index contributed by atoms with van der Waals surface area (Å²) in [6.07, 6.45) is 1.07. The molecule has 1 unspecified atom stereocenters. The summed E-state index contributed by atoms with van der Waals surface area (Å²) >= 11 is 0. The van der Waals surface area contributed by atoms with Gasteiger partial charge < -0.3 is 26.6 Å². The molecule has 0 radical (unpaired) electrons. The van der Waals surface area contributed by atoms with Crippen LogP contribution in [-0.4, -0.2) is 53.7 Å². The van der Waals surface area contributed by atoms with Gasteiger partial charge in [-0.15, -0.1) is 0 Å². The number of halogens is 3. The number of rotatable bonds is 7. The molecule has 7 nitrogen and oxygen atoms in total. The smallest absolute Gasteiger partial charge is 0.393 e. The van der Waals surface area contributed by atoms with Crippen LogP contribution >= 0.6 is 0 Å². The lowest BCUT2D eigenvalue weighted by Gasteiger charge is -2.47. The molecule has 1 aromatic rings. The maximum Gasteiger partial charge on any atom is 0.416 e. The van der Waals surface area contributed by atoms with Crippen molar-refractivity contribution >= 4 is 17.3 Å². The fourth-order valence-electron chi connectivity index (χ4n) is 5.17. The number of anilines is 1. The van der Waals surface area contributed by atoms with E-state index < -0.39 is 11.7 Å². The Morgan fingerprint density at radius 2 is 1.91 bits per heavy atom. The summed E-state index contributed by atoms with van der Waals surface area (Å²) in [5.41, 5.74) is 6.13. The van der Waals surface area contributed by atoms with Crippen molar-refractivity contribution in [3.63, 3.8) is 0 Å². The monoisotopic (exact) mass is 481 g/mol. The molecule has 188 valence electrons. The predicted molar refractivity (Wildman–Crippen MR) is 124 cm³/mol. The summed E-state index contributed by atoms with van der Waals surface area (Å²) < 4.78 is 39.3. The molecular formula is C24H34F3N5O2. The number of hydrazine groups is 1. The largest absolute Gasteiger partial charge is 0.416 e. The van der Waals surface area contributed by atoms with Crippen LogP contribution in [0.2, 0.25) is 0 Å². The standard InChI is InChI=1S/C24H34F3N5O2/c1-14(2)23(34)15-3-6-18(7-4-15)32-12-17(13-32)30-22(33)11-28-21-10-29-31-20-8-5-16(9-19(20)21)24(25,26)27/h5,8-10,14-15,17-18,23,28-29,31,34H,3-4,6-7,11-13H2,1-2H3,(H,30,33). The van der Waals surface area contributed by atoms with E-state index in [2.05, 4.69) is 40.2 Å². The van der Waals surface area contributed by atoms with E-state index in [9.17, 15) is 23.1 Å².